The molecule has 1 aliphatic carbocycles. The molecule has 2 unspecified atom stereocenters. The van der Waals surface area contributed by atoms with E-state index in [4.69, 9.17) is 11.5 Å². The smallest absolute Gasteiger partial charge is 0.168 e. The van der Waals surface area contributed by atoms with Crippen LogP contribution in [-0.2, 0) is 0 Å². The number of thiol groups is 2. The topological polar surface area (TPSA) is 92.5 Å². The first-order chi connectivity index (χ1) is 5.26. The zero-order valence-corrected chi connectivity index (χ0v) is 7.89. The molecule has 0 aliphatic heterocycles. The predicted octanol–water partition coefficient (Wildman–Crippen LogP) is -1.08. The van der Waals surface area contributed by atoms with Gasteiger partial charge in [-0.25, -0.2) is 0 Å². The Labute approximate surface area is 80.8 Å². The van der Waals surface area contributed by atoms with Crippen molar-refractivity contribution in [3.05, 3.63) is 23.5 Å². The Morgan fingerprint density at radius 2 is 1.25 bits per heavy atom. The van der Waals surface area contributed by atoms with E-state index >= 15 is 0 Å². The molecule has 0 fully saturated rings. The van der Waals surface area contributed by atoms with Crippen LogP contribution in [0.2, 0.25) is 0 Å². The Bertz CT molecular complexity index is 243. The van der Waals surface area contributed by atoms with Crippen LogP contribution in [0, 0.1) is 0 Å². The normalized spacial score (nSPS) is 42.0. The van der Waals surface area contributed by atoms with Gasteiger partial charge in [0.1, 0.15) is 0 Å². The van der Waals surface area contributed by atoms with E-state index in [1.807, 2.05) is 0 Å². The van der Waals surface area contributed by atoms with Crippen LogP contribution in [0.25, 0.3) is 0 Å². The summed E-state index contributed by atoms with van der Waals surface area (Å²) in [6.45, 7) is 0. The van der Waals surface area contributed by atoms with Crippen molar-refractivity contribution in [3.63, 3.8) is 0 Å². The maximum absolute atomic E-state index is 9.42. The van der Waals surface area contributed by atoms with Gasteiger partial charge in [-0.05, 0) is 12.2 Å². The van der Waals surface area contributed by atoms with Crippen molar-refractivity contribution in [2.75, 3.05) is 0 Å². The van der Waals surface area contributed by atoms with Crippen molar-refractivity contribution in [2.24, 2.45) is 11.5 Å². The van der Waals surface area contributed by atoms with Crippen molar-refractivity contribution < 1.29 is 10.2 Å². The van der Waals surface area contributed by atoms with Crippen LogP contribution in [-0.4, -0.2) is 20.1 Å². The van der Waals surface area contributed by atoms with Crippen molar-refractivity contribution in [1.82, 2.24) is 0 Å². The number of hydrogen-bond donors (Lipinski definition) is 6. The molecular formula is C6H10N2O2S2. The molecule has 6 heteroatoms. The van der Waals surface area contributed by atoms with E-state index in [0.717, 1.165) is 12.2 Å². The lowest BCUT2D eigenvalue weighted by Gasteiger charge is -2.30. The molecule has 0 aromatic carbocycles. The van der Waals surface area contributed by atoms with Crippen LogP contribution in [0.3, 0.4) is 0 Å². The van der Waals surface area contributed by atoms with E-state index in [1.165, 1.54) is 0 Å². The van der Waals surface area contributed by atoms with Gasteiger partial charge in [0.25, 0.3) is 0 Å². The number of aliphatic hydroxyl groups is 2. The quantitative estimate of drug-likeness (QED) is 0.225. The molecule has 0 heterocycles. The van der Waals surface area contributed by atoms with Crippen molar-refractivity contribution in [1.29, 1.82) is 0 Å². The average Bonchev–Trinajstić information content (AvgIpc) is 1.82. The van der Waals surface area contributed by atoms with Crippen LogP contribution in [0.15, 0.2) is 23.5 Å². The van der Waals surface area contributed by atoms with Gasteiger partial charge >= 0.3 is 0 Å². The lowest BCUT2D eigenvalue weighted by atomic mass is 10.0. The summed E-state index contributed by atoms with van der Waals surface area (Å²) < 4.78 is 0. The first kappa shape index (κ1) is 9.79. The number of rotatable bonds is 0. The van der Waals surface area contributed by atoms with Gasteiger partial charge in [-0.15, -0.1) is 25.3 Å². The van der Waals surface area contributed by atoms with Crippen LogP contribution in [0.1, 0.15) is 0 Å². The first-order valence-electron chi connectivity index (χ1n) is 3.13. The summed E-state index contributed by atoms with van der Waals surface area (Å²) in [6.07, 6.45) is 2.27. The standard InChI is InChI=1S/C6H10N2O2S2/c7-3-1-5(9,11)4(8)2-6(3,10)12/h1-2,9-12H,7-8H2. The number of hydrogen-bond acceptors (Lipinski definition) is 6. The SMILES string of the molecule is NC1=CC(O)(S)C(N)=CC1(O)S. The summed E-state index contributed by atoms with van der Waals surface area (Å²) in [5.74, 6) is 0. The molecule has 0 bridgehead atoms. The molecule has 0 aromatic heterocycles. The Kier molecular flexibility index (Phi) is 2.12. The molecule has 6 N–H and O–H groups in total. The highest BCUT2D eigenvalue weighted by atomic mass is 32.1. The second kappa shape index (κ2) is 2.59. The molecule has 0 radical (unpaired) electrons. The molecule has 0 saturated heterocycles. The molecule has 2 atom stereocenters. The Balaban J connectivity index is 3.13. The maximum Gasteiger partial charge on any atom is 0.168 e. The third-order valence-electron chi connectivity index (χ3n) is 1.56. The van der Waals surface area contributed by atoms with Crippen LogP contribution >= 0.6 is 25.3 Å². The lowest BCUT2D eigenvalue weighted by Crippen LogP contribution is -2.40. The molecule has 1 aliphatic rings. The molecule has 0 spiro atoms. The largest absolute Gasteiger partial charge is 0.399 e. The summed E-state index contributed by atoms with van der Waals surface area (Å²) >= 11 is 7.62. The predicted molar refractivity (Wildman–Crippen MR) is 52.4 cm³/mol. The average molecular weight is 206 g/mol. The van der Waals surface area contributed by atoms with E-state index in [-0.39, 0.29) is 11.4 Å². The van der Waals surface area contributed by atoms with Gasteiger partial charge in [0.15, 0.2) is 9.87 Å². The molecular weight excluding hydrogens is 196 g/mol. The van der Waals surface area contributed by atoms with Crippen molar-refractivity contribution in [2.45, 2.75) is 9.87 Å². The van der Waals surface area contributed by atoms with Crippen LogP contribution in [0.4, 0.5) is 0 Å². The molecule has 68 valence electrons. The van der Waals surface area contributed by atoms with Crippen LogP contribution < -0.4 is 11.5 Å². The fraction of sp³-hybridized carbons (Fsp3) is 0.333. The third-order valence-corrected chi connectivity index (χ3v) is 2.34. The van der Waals surface area contributed by atoms with Gasteiger partial charge in [-0.2, -0.15) is 0 Å². The second-order valence-corrected chi connectivity index (χ2v) is 4.02. The zero-order chi connectivity index (χ0) is 9.57. The van der Waals surface area contributed by atoms with Gasteiger partial charge in [0.05, 0.1) is 11.4 Å². The fourth-order valence-electron chi connectivity index (χ4n) is 0.813. The van der Waals surface area contributed by atoms with Crippen molar-refractivity contribution >= 4 is 25.3 Å². The summed E-state index contributed by atoms with van der Waals surface area (Å²) in [6, 6.07) is 0. The van der Waals surface area contributed by atoms with E-state index < -0.39 is 9.87 Å². The number of nitrogens with two attached hydrogens (primary N) is 2. The third kappa shape index (κ3) is 1.56. The minimum Gasteiger partial charge on any atom is -0.399 e. The Morgan fingerprint density at radius 3 is 1.50 bits per heavy atom. The second-order valence-electron chi connectivity index (χ2n) is 2.65. The highest BCUT2D eigenvalue weighted by Crippen LogP contribution is 2.33. The highest BCUT2D eigenvalue weighted by molar-refractivity contribution is 7.82. The summed E-state index contributed by atoms with van der Waals surface area (Å²) in [5.41, 5.74) is 10.7. The van der Waals surface area contributed by atoms with Gasteiger partial charge in [0.2, 0.25) is 0 Å². The van der Waals surface area contributed by atoms with Crippen LogP contribution in [0.5, 0.6) is 0 Å². The molecule has 1 rings (SSSR count). The fourth-order valence-corrected chi connectivity index (χ4v) is 1.22. The molecule has 0 amide bonds. The monoisotopic (exact) mass is 206 g/mol. The summed E-state index contributed by atoms with van der Waals surface area (Å²) in [4.78, 5) is -3.20. The maximum atomic E-state index is 9.42. The first-order valence-corrected chi connectivity index (χ1v) is 4.02. The summed E-state index contributed by atoms with van der Waals surface area (Å²) in [5, 5.41) is 18.8. The Hall–Kier alpha value is -0.300. The molecule has 0 saturated carbocycles. The van der Waals surface area contributed by atoms with E-state index in [0.29, 0.717) is 0 Å². The molecule has 4 nitrogen and oxygen atoms in total. The van der Waals surface area contributed by atoms with Gasteiger partial charge in [-0.1, -0.05) is 0 Å². The highest BCUT2D eigenvalue weighted by Gasteiger charge is 2.35. The molecule has 12 heavy (non-hydrogen) atoms. The van der Waals surface area contributed by atoms with Crippen molar-refractivity contribution in [3.8, 4) is 0 Å². The van der Waals surface area contributed by atoms with E-state index in [9.17, 15) is 10.2 Å². The molecule has 0 aromatic rings. The minimum atomic E-state index is -1.60. The van der Waals surface area contributed by atoms with E-state index in [2.05, 4.69) is 25.3 Å². The van der Waals surface area contributed by atoms with Gasteiger partial charge in [0, 0.05) is 0 Å². The lowest BCUT2D eigenvalue weighted by molar-refractivity contribution is 0.185. The van der Waals surface area contributed by atoms with Gasteiger partial charge < -0.3 is 21.7 Å². The summed E-state index contributed by atoms with van der Waals surface area (Å²) in [7, 11) is 0. The van der Waals surface area contributed by atoms with E-state index in [1.54, 1.807) is 0 Å². The zero-order valence-electron chi connectivity index (χ0n) is 6.10. The Morgan fingerprint density at radius 1 is 1.00 bits per heavy atom. The van der Waals surface area contributed by atoms with Gasteiger partial charge in [-0.3, -0.25) is 0 Å². The minimum absolute atomic E-state index is 0.00228.